The lowest BCUT2D eigenvalue weighted by atomic mass is 10.1. The Labute approximate surface area is 208 Å². The topological polar surface area (TPSA) is 67.9 Å². The summed E-state index contributed by atoms with van der Waals surface area (Å²) in [5, 5.41) is 3.57. The van der Waals surface area contributed by atoms with Gasteiger partial charge in [-0.2, -0.15) is 0 Å². The summed E-state index contributed by atoms with van der Waals surface area (Å²) in [7, 11) is 0. The molecule has 0 unspecified atom stereocenters. The van der Waals surface area contributed by atoms with Gasteiger partial charge in [-0.25, -0.2) is 0 Å². The van der Waals surface area contributed by atoms with Crippen LogP contribution in [0.15, 0.2) is 42.5 Å². The first-order valence-corrected chi connectivity index (χ1v) is 12.3. The number of halogens is 1. The predicted molar refractivity (Wildman–Crippen MR) is 136 cm³/mol. The number of aryl methyl sites for hydroxylation is 1. The van der Waals surface area contributed by atoms with Gasteiger partial charge in [0, 0.05) is 24.5 Å². The maximum Gasteiger partial charge on any atom is 0.242 e. The Morgan fingerprint density at radius 2 is 1.56 bits per heavy atom. The van der Waals surface area contributed by atoms with Crippen LogP contribution in [-0.4, -0.2) is 42.5 Å². The van der Waals surface area contributed by atoms with E-state index in [4.69, 9.17) is 21.1 Å². The monoisotopic (exact) mass is 488 g/mol. The van der Waals surface area contributed by atoms with E-state index >= 15 is 0 Å². The van der Waals surface area contributed by atoms with Gasteiger partial charge in [-0.05, 0) is 68.5 Å². The Hall–Kier alpha value is -2.73. The summed E-state index contributed by atoms with van der Waals surface area (Å²) in [5.74, 6) is 1.45. The fraction of sp³-hybridized carbons (Fsp3) is 0.481. The number of hydrogen-bond acceptors (Lipinski definition) is 4. The second-order valence-electron chi connectivity index (χ2n) is 8.61. The van der Waals surface area contributed by atoms with Crippen LogP contribution in [0.1, 0.15) is 52.2 Å². The normalized spacial score (nSPS) is 11.7. The average molecular weight is 489 g/mol. The van der Waals surface area contributed by atoms with Gasteiger partial charge < -0.3 is 19.7 Å². The largest absolute Gasteiger partial charge is 0.490 e. The van der Waals surface area contributed by atoms with E-state index in [1.165, 1.54) is 0 Å². The third-order valence-electron chi connectivity index (χ3n) is 5.35. The molecule has 0 heterocycles. The van der Waals surface area contributed by atoms with Gasteiger partial charge >= 0.3 is 0 Å². The second kappa shape index (κ2) is 13.9. The van der Waals surface area contributed by atoms with E-state index in [1.807, 2.05) is 58.0 Å². The lowest BCUT2D eigenvalue weighted by Crippen LogP contribution is -2.48. The van der Waals surface area contributed by atoms with Crippen molar-refractivity contribution in [2.45, 2.75) is 60.0 Å². The van der Waals surface area contributed by atoms with Crippen molar-refractivity contribution in [3.05, 3.63) is 58.6 Å². The molecule has 7 heteroatoms. The molecule has 0 aliphatic heterocycles. The number of ether oxygens (including phenoxy) is 2. The van der Waals surface area contributed by atoms with Crippen LogP contribution in [-0.2, 0) is 22.6 Å². The van der Waals surface area contributed by atoms with E-state index in [-0.39, 0.29) is 18.2 Å². The number of benzene rings is 2. The summed E-state index contributed by atoms with van der Waals surface area (Å²) in [6.45, 7) is 11.7. The molecule has 0 saturated carbocycles. The molecular weight excluding hydrogens is 452 g/mol. The van der Waals surface area contributed by atoms with Crippen LogP contribution in [0.5, 0.6) is 11.5 Å². The molecule has 2 rings (SSSR count). The Kier molecular flexibility index (Phi) is 11.2. The summed E-state index contributed by atoms with van der Waals surface area (Å²) in [6.07, 6.45) is 0.803. The molecule has 2 amide bonds. The van der Waals surface area contributed by atoms with E-state index in [2.05, 4.69) is 5.32 Å². The molecule has 0 saturated heterocycles. The molecule has 0 radical (unpaired) electrons. The van der Waals surface area contributed by atoms with Gasteiger partial charge in [-0.3, -0.25) is 9.59 Å². The van der Waals surface area contributed by atoms with Crippen LogP contribution in [0.4, 0.5) is 0 Å². The molecule has 34 heavy (non-hydrogen) atoms. The highest BCUT2D eigenvalue weighted by Crippen LogP contribution is 2.29. The highest BCUT2D eigenvalue weighted by atomic mass is 35.5. The van der Waals surface area contributed by atoms with Crippen LogP contribution in [0.3, 0.4) is 0 Å². The van der Waals surface area contributed by atoms with Crippen molar-refractivity contribution in [3.63, 3.8) is 0 Å². The fourth-order valence-electron chi connectivity index (χ4n) is 3.47. The van der Waals surface area contributed by atoms with Gasteiger partial charge in [0.2, 0.25) is 11.8 Å². The zero-order valence-corrected chi connectivity index (χ0v) is 21.7. The first-order valence-electron chi connectivity index (χ1n) is 11.9. The smallest absolute Gasteiger partial charge is 0.242 e. The Balaban J connectivity index is 2.16. The Morgan fingerprint density at radius 1 is 0.941 bits per heavy atom. The summed E-state index contributed by atoms with van der Waals surface area (Å²) in [6, 6.07) is 12.5. The van der Waals surface area contributed by atoms with Crippen LogP contribution in [0, 0.1) is 5.92 Å². The molecule has 2 aromatic rings. The van der Waals surface area contributed by atoms with Crippen molar-refractivity contribution in [3.8, 4) is 11.5 Å². The quantitative estimate of drug-likeness (QED) is 0.417. The van der Waals surface area contributed by atoms with Crippen molar-refractivity contribution in [1.82, 2.24) is 10.2 Å². The molecule has 0 bridgehead atoms. The lowest BCUT2D eigenvalue weighted by Gasteiger charge is -2.29. The third-order valence-corrected chi connectivity index (χ3v) is 5.61. The summed E-state index contributed by atoms with van der Waals surface area (Å²) < 4.78 is 11.3. The van der Waals surface area contributed by atoms with Crippen LogP contribution in [0.25, 0.3) is 0 Å². The highest BCUT2D eigenvalue weighted by Gasteiger charge is 2.26. The number of amides is 2. The van der Waals surface area contributed by atoms with Gasteiger partial charge in [0.05, 0.1) is 13.2 Å². The fourth-order valence-corrected chi connectivity index (χ4v) is 3.59. The minimum Gasteiger partial charge on any atom is -0.490 e. The summed E-state index contributed by atoms with van der Waals surface area (Å²) in [4.78, 5) is 27.7. The zero-order chi connectivity index (χ0) is 25.1. The number of nitrogens with one attached hydrogen (secondary N) is 1. The van der Waals surface area contributed by atoms with E-state index < -0.39 is 6.04 Å². The number of rotatable bonds is 13. The Bertz CT molecular complexity index is 931. The zero-order valence-electron chi connectivity index (χ0n) is 20.9. The van der Waals surface area contributed by atoms with Crippen LogP contribution in [0.2, 0.25) is 5.02 Å². The van der Waals surface area contributed by atoms with E-state index in [0.29, 0.717) is 55.2 Å². The lowest BCUT2D eigenvalue weighted by molar-refractivity contribution is -0.140. The van der Waals surface area contributed by atoms with E-state index in [0.717, 1.165) is 11.1 Å². The molecule has 0 spiro atoms. The predicted octanol–water partition coefficient (Wildman–Crippen LogP) is 5.26. The minimum atomic E-state index is -0.596. The van der Waals surface area contributed by atoms with Crippen molar-refractivity contribution < 1.29 is 19.1 Å². The SMILES string of the molecule is CCOc1ccc(CCC(=O)N(Cc2ccc(Cl)cc2)[C@H](C)C(=O)NCC(C)C)cc1OCC. The number of carbonyl (C=O) groups excluding carboxylic acids is 2. The second-order valence-corrected chi connectivity index (χ2v) is 9.05. The molecule has 6 nitrogen and oxygen atoms in total. The number of carbonyl (C=O) groups is 2. The van der Waals surface area contributed by atoms with E-state index in [9.17, 15) is 9.59 Å². The third kappa shape index (κ3) is 8.56. The van der Waals surface area contributed by atoms with Crippen molar-refractivity contribution in [2.75, 3.05) is 19.8 Å². The molecule has 2 aromatic carbocycles. The van der Waals surface area contributed by atoms with Crippen molar-refractivity contribution >= 4 is 23.4 Å². The van der Waals surface area contributed by atoms with Crippen molar-refractivity contribution in [2.24, 2.45) is 5.92 Å². The summed E-state index contributed by atoms with van der Waals surface area (Å²) >= 11 is 6.01. The molecule has 0 fully saturated rings. The minimum absolute atomic E-state index is 0.0889. The first kappa shape index (κ1) is 27.5. The first-order chi connectivity index (χ1) is 16.2. The highest BCUT2D eigenvalue weighted by molar-refractivity contribution is 6.30. The Morgan fingerprint density at radius 3 is 2.18 bits per heavy atom. The van der Waals surface area contributed by atoms with Gasteiger partial charge in [0.1, 0.15) is 6.04 Å². The van der Waals surface area contributed by atoms with Gasteiger partial charge in [0.25, 0.3) is 0 Å². The molecule has 0 aliphatic carbocycles. The summed E-state index contributed by atoms with van der Waals surface area (Å²) in [5.41, 5.74) is 1.89. The molecular formula is C27H37ClN2O4. The van der Waals surface area contributed by atoms with E-state index in [1.54, 1.807) is 24.0 Å². The van der Waals surface area contributed by atoms with Gasteiger partial charge in [-0.15, -0.1) is 0 Å². The standard InChI is InChI=1S/C27H37ClN2O4/c1-6-33-24-14-10-21(16-25(24)34-7-2)11-15-26(31)30(18-22-8-12-23(28)13-9-22)20(5)27(32)29-17-19(3)4/h8-10,12-14,16,19-20H,6-7,11,15,17-18H2,1-5H3,(H,29,32)/t20-/m1/s1. The molecule has 0 aliphatic rings. The van der Waals surface area contributed by atoms with Gasteiger partial charge in [-0.1, -0.05) is 43.6 Å². The molecule has 186 valence electrons. The number of hydrogen-bond donors (Lipinski definition) is 1. The van der Waals surface area contributed by atoms with Crippen LogP contribution < -0.4 is 14.8 Å². The molecule has 1 atom stereocenters. The van der Waals surface area contributed by atoms with Crippen LogP contribution >= 0.6 is 11.6 Å². The maximum atomic E-state index is 13.3. The molecule has 1 N–H and O–H groups in total. The van der Waals surface area contributed by atoms with Crippen molar-refractivity contribution in [1.29, 1.82) is 0 Å². The van der Waals surface area contributed by atoms with Gasteiger partial charge in [0.15, 0.2) is 11.5 Å². The maximum absolute atomic E-state index is 13.3. The number of nitrogens with zero attached hydrogens (tertiary/aromatic N) is 1. The average Bonchev–Trinajstić information content (AvgIpc) is 2.81. The molecule has 0 aromatic heterocycles.